The van der Waals surface area contributed by atoms with Crippen LogP contribution >= 0.6 is 7.60 Å². The monoisotopic (exact) mass is 333 g/mol. The molecule has 0 aromatic heterocycles. The molecule has 2 aromatic rings. The molecular formula is C18H24NO3P. The van der Waals surface area contributed by atoms with Crippen LogP contribution < -0.4 is 5.32 Å². The molecule has 0 saturated carbocycles. The Kier molecular flexibility index (Phi) is 6.85. The third kappa shape index (κ3) is 5.83. The molecule has 0 aliphatic heterocycles. The van der Waals surface area contributed by atoms with Crippen molar-refractivity contribution in [1.29, 1.82) is 0 Å². The van der Waals surface area contributed by atoms with E-state index in [1.54, 1.807) is 0 Å². The SMILES string of the molecule is CCOP(=O)(Cc1ccc(CNc2ccccc2)cc1)OCC. The topological polar surface area (TPSA) is 47.6 Å². The predicted molar refractivity (Wildman–Crippen MR) is 94.8 cm³/mol. The van der Waals surface area contributed by atoms with Gasteiger partial charge in [-0.15, -0.1) is 0 Å². The van der Waals surface area contributed by atoms with Crippen LogP contribution in [0.4, 0.5) is 5.69 Å². The summed E-state index contributed by atoms with van der Waals surface area (Å²) in [4.78, 5) is 0. The molecule has 0 unspecified atom stereocenters. The molecule has 5 heteroatoms. The number of hydrogen-bond acceptors (Lipinski definition) is 4. The maximum atomic E-state index is 12.5. The van der Waals surface area contributed by atoms with Gasteiger partial charge in [0.1, 0.15) is 0 Å². The quantitative estimate of drug-likeness (QED) is 0.651. The van der Waals surface area contributed by atoms with Gasteiger partial charge in [0.05, 0.1) is 19.4 Å². The highest BCUT2D eigenvalue weighted by atomic mass is 31.2. The van der Waals surface area contributed by atoms with Crippen LogP contribution in [0.1, 0.15) is 25.0 Å². The molecule has 0 aliphatic carbocycles. The van der Waals surface area contributed by atoms with Crippen molar-refractivity contribution in [3.05, 3.63) is 65.7 Å². The summed E-state index contributed by atoms with van der Waals surface area (Å²) in [6, 6.07) is 18.1. The summed E-state index contributed by atoms with van der Waals surface area (Å²) in [5.41, 5.74) is 3.22. The second kappa shape index (κ2) is 8.88. The largest absolute Gasteiger partial charge is 0.381 e. The fourth-order valence-electron chi connectivity index (χ4n) is 2.27. The summed E-state index contributed by atoms with van der Waals surface area (Å²) in [6.07, 6.45) is 0.307. The van der Waals surface area contributed by atoms with E-state index in [1.807, 2.05) is 68.4 Å². The van der Waals surface area contributed by atoms with E-state index < -0.39 is 7.60 Å². The van der Waals surface area contributed by atoms with E-state index >= 15 is 0 Å². The highest BCUT2D eigenvalue weighted by Crippen LogP contribution is 2.51. The minimum Gasteiger partial charge on any atom is -0.381 e. The molecule has 124 valence electrons. The van der Waals surface area contributed by atoms with E-state index in [-0.39, 0.29) is 0 Å². The lowest BCUT2D eigenvalue weighted by Crippen LogP contribution is -2.01. The van der Waals surface area contributed by atoms with Crippen LogP contribution in [0.2, 0.25) is 0 Å². The van der Waals surface area contributed by atoms with E-state index in [9.17, 15) is 4.57 Å². The van der Waals surface area contributed by atoms with Gasteiger partial charge in [0.2, 0.25) is 0 Å². The van der Waals surface area contributed by atoms with E-state index in [0.29, 0.717) is 19.4 Å². The normalized spacial score (nSPS) is 11.4. The lowest BCUT2D eigenvalue weighted by molar-refractivity contribution is 0.219. The Balaban J connectivity index is 1.94. The molecule has 23 heavy (non-hydrogen) atoms. The molecule has 0 heterocycles. The molecule has 0 bridgehead atoms. The molecule has 0 saturated heterocycles. The van der Waals surface area contributed by atoms with Gasteiger partial charge in [0, 0.05) is 12.2 Å². The van der Waals surface area contributed by atoms with Crippen molar-refractivity contribution in [2.75, 3.05) is 18.5 Å². The van der Waals surface area contributed by atoms with Crippen LogP contribution in [0.25, 0.3) is 0 Å². The van der Waals surface area contributed by atoms with Gasteiger partial charge in [-0.3, -0.25) is 4.57 Å². The van der Waals surface area contributed by atoms with Gasteiger partial charge in [-0.25, -0.2) is 0 Å². The van der Waals surface area contributed by atoms with Crippen molar-refractivity contribution in [1.82, 2.24) is 0 Å². The number of hydrogen-bond donors (Lipinski definition) is 1. The van der Waals surface area contributed by atoms with E-state index in [4.69, 9.17) is 9.05 Å². The Hall–Kier alpha value is -1.61. The van der Waals surface area contributed by atoms with Crippen LogP contribution in [0.3, 0.4) is 0 Å². The molecule has 1 N–H and O–H groups in total. The van der Waals surface area contributed by atoms with Gasteiger partial charge >= 0.3 is 7.60 Å². The third-order valence-electron chi connectivity index (χ3n) is 3.32. The molecule has 2 rings (SSSR count). The van der Waals surface area contributed by atoms with E-state index in [0.717, 1.165) is 17.8 Å². The second-order valence-electron chi connectivity index (χ2n) is 5.14. The number of benzene rings is 2. The van der Waals surface area contributed by atoms with Crippen LogP contribution in [0.5, 0.6) is 0 Å². The first-order chi connectivity index (χ1) is 11.1. The van der Waals surface area contributed by atoms with Crippen LogP contribution in [0, 0.1) is 0 Å². The minimum absolute atomic E-state index is 0.307. The maximum absolute atomic E-state index is 12.5. The maximum Gasteiger partial charge on any atom is 0.335 e. The molecule has 0 fully saturated rings. The Morgan fingerprint density at radius 1 is 0.870 bits per heavy atom. The fraction of sp³-hybridized carbons (Fsp3) is 0.333. The minimum atomic E-state index is -3.04. The summed E-state index contributed by atoms with van der Waals surface area (Å²) in [5, 5.41) is 3.37. The van der Waals surface area contributed by atoms with Crippen LogP contribution in [0.15, 0.2) is 54.6 Å². The first-order valence-corrected chi connectivity index (χ1v) is 9.63. The summed E-state index contributed by atoms with van der Waals surface area (Å²) in [6.45, 7) is 5.17. The summed E-state index contributed by atoms with van der Waals surface area (Å²) >= 11 is 0. The van der Waals surface area contributed by atoms with Crippen molar-refractivity contribution >= 4 is 13.3 Å². The lowest BCUT2D eigenvalue weighted by Gasteiger charge is -2.17. The molecular weight excluding hydrogens is 309 g/mol. The van der Waals surface area contributed by atoms with E-state index in [1.165, 1.54) is 5.56 Å². The van der Waals surface area contributed by atoms with Gasteiger partial charge in [0.25, 0.3) is 0 Å². The summed E-state index contributed by atoms with van der Waals surface area (Å²) in [5.74, 6) is 0. The van der Waals surface area contributed by atoms with Crippen LogP contribution in [-0.2, 0) is 26.3 Å². The van der Waals surface area contributed by atoms with Gasteiger partial charge in [0.15, 0.2) is 0 Å². The zero-order chi connectivity index (χ0) is 16.5. The first kappa shape index (κ1) is 17.7. The van der Waals surface area contributed by atoms with Gasteiger partial charge in [-0.1, -0.05) is 42.5 Å². The Morgan fingerprint density at radius 2 is 1.43 bits per heavy atom. The number of nitrogens with one attached hydrogen (secondary N) is 1. The van der Waals surface area contributed by atoms with Crippen LogP contribution in [-0.4, -0.2) is 13.2 Å². The van der Waals surface area contributed by atoms with Crippen molar-refractivity contribution in [3.8, 4) is 0 Å². The van der Waals surface area contributed by atoms with Gasteiger partial charge in [-0.2, -0.15) is 0 Å². The van der Waals surface area contributed by atoms with Crippen molar-refractivity contribution in [2.24, 2.45) is 0 Å². The molecule has 0 radical (unpaired) electrons. The molecule has 0 aliphatic rings. The second-order valence-corrected chi connectivity index (χ2v) is 7.20. The Labute approximate surface area is 138 Å². The van der Waals surface area contributed by atoms with Crippen molar-refractivity contribution in [2.45, 2.75) is 26.6 Å². The average molecular weight is 333 g/mol. The molecule has 0 amide bonds. The Bertz CT molecular complexity index is 618. The van der Waals surface area contributed by atoms with Crippen molar-refractivity contribution < 1.29 is 13.6 Å². The number of para-hydroxylation sites is 1. The Morgan fingerprint density at radius 3 is 2.00 bits per heavy atom. The van der Waals surface area contributed by atoms with Crippen molar-refractivity contribution in [3.63, 3.8) is 0 Å². The fourth-order valence-corrected chi connectivity index (χ4v) is 3.97. The number of anilines is 1. The predicted octanol–water partition coefficient (Wildman–Crippen LogP) is 5.06. The molecule has 2 aromatic carbocycles. The highest BCUT2D eigenvalue weighted by molar-refractivity contribution is 7.53. The first-order valence-electron chi connectivity index (χ1n) is 7.90. The molecule has 4 nitrogen and oxygen atoms in total. The standard InChI is InChI=1S/C18H24NO3P/c1-3-21-23(20,22-4-2)15-17-12-10-16(11-13-17)14-19-18-8-6-5-7-9-18/h5-13,19H,3-4,14-15H2,1-2H3. The molecule has 0 spiro atoms. The smallest absolute Gasteiger partial charge is 0.335 e. The third-order valence-corrected chi connectivity index (χ3v) is 5.38. The number of rotatable bonds is 9. The zero-order valence-corrected chi connectivity index (χ0v) is 14.6. The average Bonchev–Trinajstić information content (AvgIpc) is 2.55. The summed E-state index contributed by atoms with van der Waals surface area (Å²) < 4.78 is 23.2. The zero-order valence-electron chi connectivity index (χ0n) is 13.7. The highest BCUT2D eigenvalue weighted by Gasteiger charge is 2.23. The van der Waals surface area contributed by atoms with E-state index in [2.05, 4.69) is 5.32 Å². The molecule has 0 atom stereocenters. The lowest BCUT2D eigenvalue weighted by atomic mass is 10.1. The van der Waals surface area contributed by atoms with Gasteiger partial charge in [-0.05, 0) is 37.1 Å². The summed E-state index contributed by atoms with van der Waals surface area (Å²) in [7, 11) is -3.04. The van der Waals surface area contributed by atoms with Gasteiger partial charge < -0.3 is 14.4 Å².